The molecule has 6 heteroatoms. The molecule has 0 saturated heterocycles. The second-order valence-electron chi connectivity index (χ2n) is 3.26. The van der Waals surface area contributed by atoms with Gasteiger partial charge in [-0.1, -0.05) is 11.8 Å². The lowest BCUT2D eigenvalue weighted by Crippen LogP contribution is -2.14. The van der Waals surface area contributed by atoms with Crippen molar-refractivity contribution in [1.29, 1.82) is 0 Å². The largest absolute Gasteiger partial charge is 0.396 e. The van der Waals surface area contributed by atoms with Crippen molar-refractivity contribution in [2.75, 3.05) is 12.9 Å². The zero-order valence-electron chi connectivity index (χ0n) is 8.73. The van der Waals surface area contributed by atoms with E-state index in [1.165, 1.54) is 11.8 Å². The fourth-order valence-corrected chi connectivity index (χ4v) is 1.77. The third-order valence-electron chi connectivity index (χ3n) is 2.21. The van der Waals surface area contributed by atoms with Crippen LogP contribution >= 0.6 is 11.8 Å². The number of nitrogens with zero attached hydrogens (tertiary/aromatic N) is 2. The van der Waals surface area contributed by atoms with Crippen LogP contribution in [0.3, 0.4) is 0 Å². The quantitative estimate of drug-likeness (QED) is 0.603. The number of fused-ring (bicyclic) bond motifs is 1. The maximum absolute atomic E-state index is 11.6. The molecule has 0 atom stereocenters. The Morgan fingerprint density at radius 2 is 2.38 bits per heavy atom. The molecule has 0 aliphatic heterocycles. The van der Waals surface area contributed by atoms with Crippen LogP contribution in [0.4, 0.5) is 0 Å². The Bertz CT molecular complexity index is 567. The van der Waals surface area contributed by atoms with Crippen molar-refractivity contribution in [3.05, 3.63) is 28.2 Å². The summed E-state index contributed by atoms with van der Waals surface area (Å²) in [7, 11) is 0. The molecule has 0 amide bonds. The summed E-state index contributed by atoms with van der Waals surface area (Å²) in [5, 5.41) is 10.2. The monoisotopic (exact) mass is 237 g/mol. The molecule has 0 aliphatic rings. The molecule has 84 valence electrons. The summed E-state index contributed by atoms with van der Waals surface area (Å²) < 4.78 is 0. The van der Waals surface area contributed by atoms with Gasteiger partial charge in [0.2, 0.25) is 0 Å². The molecule has 0 unspecified atom stereocenters. The minimum absolute atomic E-state index is 0.0433. The van der Waals surface area contributed by atoms with Crippen LogP contribution in [0.15, 0.2) is 22.2 Å². The summed E-state index contributed by atoms with van der Waals surface area (Å²) in [6.45, 7) is -0.0433. The average Bonchev–Trinajstić information content (AvgIpc) is 2.30. The molecule has 2 rings (SSSR count). The van der Waals surface area contributed by atoms with Crippen LogP contribution in [0, 0.1) is 0 Å². The zero-order chi connectivity index (χ0) is 11.5. The fraction of sp³-hybridized carbons (Fsp3) is 0.300. The number of hydrogen-bond acceptors (Lipinski definition) is 5. The van der Waals surface area contributed by atoms with Gasteiger partial charge in [0, 0.05) is 30.2 Å². The number of hydrogen-bond donors (Lipinski definition) is 2. The van der Waals surface area contributed by atoms with Gasteiger partial charge < -0.3 is 10.1 Å². The minimum Gasteiger partial charge on any atom is -0.396 e. The van der Waals surface area contributed by atoms with Gasteiger partial charge in [-0.25, -0.2) is 9.97 Å². The number of H-pyrrole nitrogens is 1. The predicted molar refractivity (Wildman–Crippen MR) is 62.7 cm³/mol. The number of aromatic amines is 1. The number of aliphatic hydroxyl groups excluding tert-OH is 1. The summed E-state index contributed by atoms with van der Waals surface area (Å²) in [6.07, 6.45) is 3.89. The van der Waals surface area contributed by atoms with E-state index in [0.717, 1.165) is 5.39 Å². The van der Waals surface area contributed by atoms with Crippen LogP contribution in [-0.2, 0) is 6.42 Å². The second-order valence-corrected chi connectivity index (χ2v) is 4.03. The highest BCUT2D eigenvalue weighted by molar-refractivity contribution is 7.98. The Morgan fingerprint density at radius 3 is 3.06 bits per heavy atom. The molecule has 0 bridgehead atoms. The summed E-state index contributed by atoms with van der Waals surface area (Å²) in [4.78, 5) is 22.6. The molecular formula is C10H11N3O2S. The average molecular weight is 237 g/mol. The lowest BCUT2D eigenvalue weighted by Gasteiger charge is -2.01. The van der Waals surface area contributed by atoms with Crippen LogP contribution in [0.1, 0.15) is 5.56 Å². The van der Waals surface area contributed by atoms with Gasteiger partial charge in [0.15, 0.2) is 5.16 Å². The topological polar surface area (TPSA) is 78.9 Å². The van der Waals surface area contributed by atoms with Crippen LogP contribution in [-0.4, -0.2) is 32.9 Å². The van der Waals surface area contributed by atoms with Crippen molar-refractivity contribution < 1.29 is 5.11 Å². The van der Waals surface area contributed by atoms with E-state index in [-0.39, 0.29) is 12.2 Å². The second kappa shape index (κ2) is 4.63. The van der Waals surface area contributed by atoms with Crippen molar-refractivity contribution in [1.82, 2.24) is 15.0 Å². The van der Waals surface area contributed by atoms with Crippen molar-refractivity contribution >= 4 is 22.8 Å². The van der Waals surface area contributed by atoms with Crippen LogP contribution in [0.5, 0.6) is 0 Å². The fourth-order valence-electron chi connectivity index (χ4n) is 1.43. The van der Waals surface area contributed by atoms with E-state index >= 15 is 0 Å². The van der Waals surface area contributed by atoms with Gasteiger partial charge in [0.05, 0.1) is 0 Å². The molecule has 0 radical (unpaired) electrons. The summed E-state index contributed by atoms with van der Waals surface area (Å²) in [6, 6.07) is 1.72. The molecule has 0 saturated carbocycles. The van der Waals surface area contributed by atoms with Gasteiger partial charge in [0.1, 0.15) is 5.65 Å². The van der Waals surface area contributed by atoms with E-state index in [1.807, 2.05) is 6.26 Å². The molecule has 0 aromatic carbocycles. The van der Waals surface area contributed by atoms with E-state index in [2.05, 4.69) is 15.0 Å². The highest BCUT2D eigenvalue weighted by Crippen LogP contribution is 2.13. The third-order valence-corrected chi connectivity index (χ3v) is 2.77. The standard InChI is InChI=1S/C10H11N3O2S/c1-16-10-11-5-7-4-6(2-3-14)9(15)12-8(7)13-10/h4-5,14H,2-3H2,1H3,(H,11,12,13,15). The number of thioether (sulfide) groups is 1. The molecule has 2 aromatic rings. The number of aliphatic hydroxyl groups is 1. The molecule has 0 fully saturated rings. The lowest BCUT2D eigenvalue weighted by atomic mass is 10.2. The summed E-state index contributed by atoms with van der Waals surface area (Å²) >= 11 is 1.42. The van der Waals surface area contributed by atoms with E-state index in [4.69, 9.17) is 5.11 Å². The summed E-state index contributed by atoms with van der Waals surface area (Å²) in [5.41, 5.74) is 0.883. The first kappa shape index (κ1) is 11.1. The molecule has 0 aliphatic carbocycles. The Kier molecular flexibility index (Phi) is 3.21. The van der Waals surface area contributed by atoms with E-state index in [9.17, 15) is 4.79 Å². The summed E-state index contributed by atoms with van der Waals surface area (Å²) in [5.74, 6) is 0. The maximum Gasteiger partial charge on any atom is 0.252 e. The van der Waals surface area contributed by atoms with E-state index in [0.29, 0.717) is 22.8 Å². The predicted octanol–water partition coefficient (Wildman–Crippen LogP) is 0.575. The van der Waals surface area contributed by atoms with E-state index in [1.54, 1.807) is 12.3 Å². The Labute approximate surface area is 95.9 Å². The first-order valence-electron chi connectivity index (χ1n) is 4.78. The zero-order valence-corrected chi connectivity index (χ0v) is 9.54. The lowest BCUT2D eigenvalue weighted by molar-refractivity contribution is 0.299. The van der Waals surface area contributed by atoms with Gasteiger partial charge in [0.25, 0.3) is 5.56 Å². The molecule has 0 spiro atoms. The first-order chi connectivity index (χ1) is 7.74. The van der Waals surface area contributed by atoms with Crippen LogP contribution in [0.25, 0.3) is 11.0 Å². The van der Waals surface area contributed by atoms with Gasteiger partial charge >= 0.3 is 0 Å². The number of rotatable bonds is 3. The SMILES string of the molecule is CSc1ncc2cc(CCO)c(=O)[nH]c2n1. The van der Waals surface area contributed by atoms with Gasteiger partial charge in [-0.3, -0.25) is 4.79 Å². The minimum atomic E-state index is -0.202. The molecule has 2 heterocycles. The van der Waals surface area contributed by atoms with Gasteiger partial charge in [-0.15, -0.1) is 0 Å². The Morgan fingerprint density at radius 1 is 1.56 bits per heavy atom. The normalized spacial score (nSPS) is 10.9. The van der Waals surface area contributed by atoms with Crippen molar-refractivity contribution in [2.45, 2.75) is 11.6 Å². The van der Waals surface area contributed by atoms with Gasteiger partial charge in [-0.05, 0) is 12.3 Å². The Balaban J connectivity index is 2.59. The molecule has 16 heavy (non-hydrogen) atoms. The highest BCUT2D eigenvalue weighted by atomic mass is 32.2. The van der Waals surface area contributed by atoms with Crippen LogP contribution < -0.4 is 5.56 Å². The molecule has 5 nitrogen and oxygen atoms in total. The van der Waals surface area contributed by atoms with Crippen molar-refractivity contribution in [2.24, 2.45) is 0 Å². The number of nitrogens with one attached hydrogen (secondary N) is 1. The first-order valence-corrected chi connectivity index (χ1v) is 6.01. The van der Waals surface area contributed by atoms with Crippen molar-refractivity contribution in [3.63, 3.8) is 0 Å². The highest BCUT2D eigenvalue weighted by Gasteiger charge is 2.04. The van der Waals surface area contributed by atoms with Gasteiger partial charge in [-0.2, -0.15) is 0 Å². The number of pyridine rings is 1. The maximum atomic E-state index is 11.6. The van der Waals surface area contributed by atoms with Crippen molar-refractivity contribution in [3.8, 4) is 0 Å². The smallest absolute Gasteiger partial charge is 0.252 e. The molecule has 2 aromatic heterocycles. The molecule has 2 N–H and O–H groups in total. The Hall–Kier alpha value is -1.40. The van der Waals surface area contributed by atoms with Crippen LogP contribution in [0.2, 0.25) is 0 Å². The number of aromatic nitrogens is 3. The van der Waals surface area contributed by atoms with E-state index < -0.39 is 0 Å². The third kappa shape index (κ3) is 2.07. The molecular weight excluding hydrogens is 226 g/mol.